The van der Waals surface area contributed by atoms with Gasteiger partial charge in [-0.25, -0.2) is 0 Å². The van der Waals surface area contributed by atoms with Crippen molar-refractivity contribution < 1.29 is 0 Å². The summed E-state index contributed by atoms with van der Waals surface area (Å²) < 4.78 is 0. The smallest absolute Gasteiger partial charge is 0.000672 e. The van der Waals surface area contributed by atoms with Gasteiger partial charge in [-0.15, -0.1) is 0 Å². The van der Waals surface area contributed by atoms with Crippen LogP contribution >= 0.6 is 0 Å². The quantitative estimate of drug-likeness (QED) is 0.817. The maximum absolute atomic E-state index is 5.61. The van der Waals surface area contributed by atoms with Gasteiger partial charge in [-0.1, -0.05) is 51.4 Å². The van der Waals surface area contributed by atoms with Gasteiger partial charge in [-0.2, -0.15) is 0 Å². The van der Waals surface area contributed by atoms with Gasteiger partial charge in [0.25, 0.3) is 0 Å². The predicted molar refractivity (Wildman–Crippen MR) is 76.3 cm³/mol. The van der Waals surface area contributed by atoms with Crippen LogP contribution in [0.2, 0.25) is 0 Å². The van der Waals surface area contributed by atoms with E-state index in [2.05, 4.69) is 4.90 Å². The maximum atomic E-state index is 5.61. The van der Waals surface area contributed by atoms with E-state index in [0.717, 1.165) is 6.54 Å². The van der Waals surface area contributed by atoms with Crippen molar-refractivity contribution in [3.05, 3.63) is 0 Å². The van der Waals surface area contributed by atoms with Crippen molar-refractivity contribution in [2.24, 2.45) is 5.73 Å². The SMILES string of the molecule is NCCCN1CCCCCCCCCCCC1. The monoisotopic (exact) mass is 240 g/mol. The molecule has 1 fully saturated rings. The maximum Gasteiger partial charge on any atom is -0.000672 e. The predicted octanol–water partition coefficient (Wildman–Crippen LogP) is 3.55. The Labute approximate surface area is 108 Å². The Kier molecular flexibility index (Phi) is 9.72. The van der Waals surface area contributed by atoms with Crippen LogP contribution in [0.5, 0.6) is 0 Å². The molecule has 1 heterocycles. The Morgan fingerprint density at radius 3 is 1.47 bits per heavy atom. The lowest BCUT2D eigenvalue weighted by molar-refractivity contribution is 0.259. The van der Waals surface area contributed by atoms with Gasteiger partial charge in [-0.05, 0) is 45.4 Å². The first-order valence-electron chi connectivity index (χ1n) is 7.86. The minimum absolute atomic E-state index is 0.844. The number of rotatable bonds is 3. The molecule has 0 unspecified atom stereocenters. The van der Waals surface area contributed by atoms with Crippen molar-refractivity contribution in [3.63, 3.8) is 0 Å². The molecule has 1 aliphatic heterocycles. The molecule has 0 amide bonds. The summed E-state index contributed by atoms with van der Waals surface area (Å²) in [5.41, 5.74) is 5.61. The molecule has 1 saturated heterocycles. The van der Waals surface area contributed by atoms with E-state index < -0.39 is 0 Å². The second kappa shape index (κ2) is 11.0. The molecule has 0 spiro atoms. The Bertz CT molecular complexity index is 145. The van der Waals surface area contributed by atoms with Gasteiger partial charge in [0.05, 0.1) is 0 Å². The van der Waals surface area contributed by atoms with Crippen LogP contribution in [0, 0.1) is 0 Å². The second-order valence-electron chi connectivity index (χ2n) is 5.52. The van der Waals surface area contributed by atoms with Crippen molar-refractivity contribution >= 4 is 0 Å². The van der Waals surface area contributed by atoms with Crippen LogP contribution in [0.3, 0.4) is 0 Å². The van der Waals surface area contributed by atoms with Crippen LogP contribution in [0.1, 0.15) is 70.6 Å². The summed E-state index contributed by atoms with van der Waals surface area (Å²) in [7, 11) is 0. The van der Waals surface area contributed by atoms with Crippen LogP contribution in [0.25, 0.3) is 0 Å². The summed E-state index contributed by atoms with van der Waals surface area (Å²) in [5.74, 6) is 0. The van der Waals surface area contributed by atoms with Crippen LogP contribution in [0.4, 0.5) is 0 Å². The van der Waals surface area contributed by atoms with E-state index in [1.807, 2.05) is 0 Å². The molecule has 0 aromatic rings. The fourth-order valence-corrected chi connectivity index (χ4v) is 2.74. The van der Waals surface area contributed by atoms with Gasteiger partial charge in [0.2, 0.25) is 0 Å². The lowest BCUT2D eigenvalue weighted by Gasteiger charge is -2.21. The molecule has 0 aliphatic carbocycles. The third kappa shape index (κ3) is 8.62. The van der Waals surface area contributed by atoms with E-state index in [9.17, 15) is 0 Å². The molecule has 102 valence electrons. The Hall–Kier alpha value is -0.0800. The van der Waals surface area contributed by atoms with E-state index in [0.29, 0.717) is 0 Å². The highest BCUT2D eigenvalue weighted by molar-refractivity contribution is 4.60. The molecular weight excluding hydrogens is 208 g/mol. The molecule has 0 atom stereocenters. The van der Waals surface area contributed by atoms with Gasteiger partial charge in [0.15, 0.2) is 0 Å². The Morgan fingerprint density at radius 1 is 0.647 bits per heavy atom. The molecule has 2 nitrogen and oxygen atoms in total. The highest BCUT2D eigenvalue weighted by Crippen LogP contribution is 2.13. The summed E-state index contributed by atoms with van der Waals surface area (Å²) >= 11 is 0. The summed E-state index contributed by atoms with van der Waals surface area (Å²) in [6, 6.07) is 0. The third-order valence-corrected chi connectivity index (χ3v) is 3.88. The highest BCUT2D eigenvalue weighted by Gasteiger charge is 2.04. The zero-order chi connectivity index (χ0) is 12.2. The molecule has 1 rings (SSSR count). The zero-order valence-corrected chi connectivity index (χ0v) is 11.6. The normalized spacial score (nSPS) is 22.4. The number of hydrogen-bond acceptors (Lipinski definition) is 2. The average Bonchev–Trinajstić information content (AvgIpc) is 2.37. The lowest BCUT2D eigenvalue weighted by Crippen LogP contribution is -2.28. The molecule has 0 aromatic carbocycles. The Balaban J connectivity index is 2.20. The first-order chi connectivity index (χ1) is 8.43. The van der Waals surface area contributed by atoms with E-state index >= 15 is 0 Å². The zero-order valence-electron chi connectivity index (χ0n) is 11.6. The van der Waals surface area contributed by atoms with Crippen molar-refractivity contribution in [1.29, 1.82) is 0 Å². The molecule has 1 aliphatic rings. The molecule has 0 radical (unpaired) electrons. The van der Waals surface area contributed by atoms with Gasteiger partial charge < -0.3 is 10.6 Å². The largest absolute Gasteiger partial charge is 0.330 e. The topological polar surface area (TPSA) is 29.3 Å². The van der Waals surface area contributed by atoms with Crippen LogP contribution < -0.4 is 5.73 Å². The van der Waals surface area contributed by atoms with Crippen LogP contribution in [-0.2, 0) is 0 Å². The first kappa shape index (κ1) is 15.0. The van der Waals surface area contributed by atoms with Crippen molar-refractivity contribution in [2.75, 3.05) is 26.2 Å². The molecule has 0 saturated carbocycles. The van der Waals surface area contributed by atoms with E-state index in [1.54, 1.807) is 0 Å². The fourth-order valence-electron chi connectivity index (χ4n) is 2.74. The van der Waals surface area contributed by atoms with Crippen molar-refractivity contribution in [1.82, 2.24) is 4.90 Å². The average molecular weight is 240 g/mol. The number of hydrogen-bond donors (Lipinski definition) is 1. The van der Waals surface area contributed by atoms with Gasteiger partial charge in [0.1, 0.15) is 0 Å². The molecule has 0 aromatic heterocycles. The van der Waals surface area contributed by atoms with E-state index in [4.69, 9.17) is 5.73 Å². The van der Waals surface area contributed by atoms with E-state index in [1.165, 1.54) is 90.3 Å². The van der Waals surface area contributed by atoms with Gasteiger partial charge in [0, 0.05) is 0 Å². The van der Waals surface area contributed by atoms with Crippen LogP contribution in [-0.4, -0.2) is 31.1 Å². The fraction of sp³-hybridized carbons (Fsp3) is 1.00. The summed E-state index contributed by atoms with van der Waals surface area (Å²) in [6.45, 7) is 4.67. The standard InChI is InChI=1S/C15H32N2/c16-12-11-15-17-13-9-7-5-3-1-2-4-6-8-10-14-17/h1-16H2. The van der Waals surface area contributed by atoms with E-state index in [-0.39, 0.29) is 0 Å². The molecule has 2 N–H and O–H groups in total. The van der Waals surface area contributed by atoms with Crippen molar-refractivity contribution in [2.45, 2.75) is 70.6 Å². The van der Waals surface area contributed by atoms with Gasteiger partial charge >= 0.3 is 0 Å². The number of nitrogens with two attached hydrogens (primary N) is 1. The number of nitrogens with zero attached hydrogens (tertiary/aromatic N) is 1. The highest BCUT2D eigenvalue weighted by atomic mass is 15.1. The summed E-state index contributed by atoms with van der Waals surface area (Å²) in [6.07, 6.45) is 15.6. The minimum Gasteiger partial charge on any atom is -0.330 e. The summed E-state index contributed by atoms with van der Waals surface area (Å²) in [5, 5.41) is 0. The molecule has 0 bridgehead atoms. The minimum atomic E-state index is 0.844. The summed E-state index contributed by atoms with van der Waals surface area (Å²) in [4.78, 5) is 2.64. The van der Waals surface area contributed by atoms with Crippen molar-refractivity contribution in [3.8, 4) is 0 Å². The second-order valence-corrected chi connectivity index (χ2v) is 5.52. The Morgan fingerprint density at radius 2 is 1.06 bits per heavy atom. The molecular formula is C15H32N2. The first-order valence-corrected chi connectivity index (χ1v) is 7.86. The third-order valence-electron chi connectivity index (χ3n) is 3.88. The van der Waals surface area contributed by atoms with Gasteiger partial charge in [-0.3, -0.25) is 0 Å². The molecule has 2 heteroatoms. The lowest BCUT2D eigenvalue weighted by atomic mass is 10.1. The van der Waals surface area contributed by atoms with Crippen LogP contribution in [0.15, 0.2) is 0 Å². The molecule has 17 heavy (non-hydrogen) atoms.